The molecule has 2 amide bonds. The number of carbonyl (C=O) groups excluding carboxylic acids is 2. The Morgan fingerprint density at radius 3 is 2.59 bits per heavy atom. The predicted molar refractivity (Wildman–Crippen MR) is 118 cm³/mol. The van der Waals surface area contributed by atoms with Crippen LogP contribution in [0.5, 0.6) is 5.75 Å². The number of nitrogens with zero attached hydrogens (tertiary/aromatic N) is 1. The van der Waals surface area contributed by atoms with E-state index in [1.807, 2.05) is 0 Å². The number of likely N-dealkylation sites (N-methyl/N-ethyl adjacent to an activating group) is 1. The molecule has 4 aliphatic rings. The average molecular weight is 484 g/mol. The van der Waals surface area contributed by atoms with Crippen molar-refractivity contribution in [2.45, 2.75) is 49.3 Å². The molecule has 2 atom stereocenters. The molecule has 158 valence electrons. The van der Waals surface area contributed by atoms with Gasteiger partial charge in [-0.2, -0.15) is 0 Å². The summed E-state index contributed by atoms with van der Waals surface area (Å²) in [4.78, 5) is 27.0. The lowest BCUT2D eigenvalue weighted by Gasteiger charge is -2.60. The minimum Gasteiger partial charge on any atom is -0.495 e. The Morgan fingerprint density at radius 2 is 1.97 bits per heavy atom. The van der Waals surface area contributed by atoms with E-state index in [1.165, 1.54) is 26.4 Å². The minimum atomic E-state index is -0.260. The molecule has 1 aromatic carbocycles. The van der Waals surface area contributed by atoms with Crippen LogP contribution < -0.4 is 10.1 Å². The highest BCUT2D eigenvalue weighted by Crippen LogP contribution is 2.65. The van der Waals surface area contributed by atoms with Crippen LogP contribution in [-0.4, -0.2) is 41.7 Å². The van der Waals surface area contributed by atoms with E-state index in [4.69, 9.17) is 16.3 Å². The van der Waals surface area contributed by atoms with Gasteiger partial charge in [0.25, 0.3) is 0 Å². The van der Waals surface area contributed by atoms with Crippen molar-refractivity contribution in [3.63, 3.8) is 0 Å². The summed E-state index contributed by atoms with van der Waals surface area (Å²) >= 11 is 10.0. The molecule has 1 aromatic rings. The van der Waals surface area contributed by atoms with Crippen LogP contribution in [0, 0.1) is 17.3 Å². The molecule has 0 aromatic heterocycles. The minimum absolute atomic E-state index is 0.0108. The summed E-state index contributed by atoms with van der Waals surface area (Å²) < 4.78 is 5.50. The fraction of sp³-hybridized carbons (Fsp3) is 0.636. The summed E-state index contributed by atoms with van der Waals surface area (Å²) in [6.45, 7) is 0.0108. The Hall–Kier alpha value is -1.27. The SMILES string of the molecule is COc1ccc(Cl)cc1NC(=O)CN(C)C(=O)CC12CC3CC(CC(Br)(C3)C1)C2. The van der Waals surface area contributed by atoms with Crippen LogP contribution >= 0.6 is 27.5 Å². The van der Waals surface area contributed by atoms with Crippen molar-refractivity contribution in [3.8, 4) is 5.75 Å². The van der Waals surface area contributed by atoms with E-state index >= 15 is 0 Å². The number of hydrogen-bond donors (Lipinski definition) is 1. The lowest BCUT2D eigenvalue weighted by atomic mass is 9.48. The van der Waals surface area contributed by atoms with Crippen LogP contribution in [0.25, 0.3) is 0 Å². The molecule has 5 rings (SSSR count). The van der Waals surface area contributed by atoms with Crippen molar-refractivity contribution >= 4 is 45.0 Å². The van der Waals surface area contributed by atoms with Gasteiger partial charge in [-0.3, -0.25) is 9.59 Å². The molecular formula is C22H28BrClN2O3. The standard InChI is InChI=1S/C22H28BrClN2O3/c1-26(12-19(27)25-17-6-16(24)3-4-18(17)29-2)20(28)11-21-7-14-5-15(8-21)10-22(23,9-14)13-21/h3-4,6,14-15H,5,7-13H2,1-2H3,(H,25,27). The smallest absolute Gasteiger partial charge is 0.244 e. The lowest BCUT2D eigenvalue weighted by molar-refractivity contribution is -0.139. The highest BCUT2D eigenvalue weighted by Gasteiger charge is 2.57. The van der Waals surface area contributed by atoms with Gasteiger partial charge in [-0.1, -0.05) is 27.5 Å². The van der Waals surface area contributed by atoms with Crippen molar-refractivity contribution in [1.29, 1.82) is 0 Å². The molecule has 0 aliphatic heterocycles. The molecule has 7 heteroatoms. The summed E-state index contributed by atoms with van der Waals surface area (Å²) in [6.07, 6.45) is 7.75. The first kappa shape index (κ1) is 21.0. The first-order chi connectivity index (χ1) is 13.7. The predicted octanol–water partition coefficient (Wildman–Crippen LogP) is 4.87. The van der Waals surface area contributed by atoms with Crippen LogP contribution in [0.4, 0.5) is 5.69 Å². The van der Waals surface area contributed by atoms with E-state index in [-0.39, 0.29) is 28.1 Å². The first-order valence-corrected chi connectivity index (χ1v) is 11.4. The second-order valence-electron chi connectivity index (χ2n) is 9.43. The summed E-state index contributed by atoms with van der Waals surface area (Å²) in [5, 5.41) is 3.31. The third kappa shape index (κ3) is 4.43. The Balaban J connectivity index is 1.37. The van der Waals surface area contributed by atoms with E-state index in [1.54, 1.807) is 30.1 Å². The van der Waals surface area contributed by atoms with E-state index in [9.17, 15) is 9.59 Å². The van der Waals surface area contributed by atoms with Gasteiger partial charge >= 0.3 is 0 Å². The number of benzene rings is 1. The number of methoxy groups -OCH3 is 1. The van der Waals surface area contributed by atoms with E-state index in [0.717, 1.165) is 31.1 Å². The fourth-order valence-corrected chi connectivity index (χ4v) is 7.95. The van der Waals surface area contributed by atoms with Gasteiger partial charge < -0.3 is 15.0 Å². The quantitative estimate of drug-likeness (QED) is 0.587. The van der Waals surface area contributed by atoms with Gasteiger partial charge in [-0.15, -0.1) is 0 Å². The van der Waals surface area contributed by atoms with Crippen LogP contribution in [0.15, 0.2) is 18.2 Å². The van der Waals surface area contributed by atoms with E-state index in [2.05, 4.69) is 21.2 Å². The summed E-state index contributed by atoms with van der Waals surface area (Å²) in [7, 11) is 3.25. The first-order valence-electron chi connectivity index (χ1n) is 10.3. The summed E-state index contributed by atoms with van der Waals surface area (Å²) in [6, 6.07) is 5.05. The number of alkyl halides is 1. The molecule has 0 spiro atoms. The van der Waals surface area contributed by atoms with Gasteiger partial charge in [0.1, 0.15) is 5.75 Å². The zero-order valence-electron chi connectivity index (χ0n) is 17.0. The van der Waals surface area contributed by atoms with Gasteiger partial charge in [0.15, 0.2) is 0 Å². The molecule has 4 aliphatic carbocycles. The van der Waals surface area contributed by atoms with Gasteiger partial charge in [-0.25, -0.2) is 0 Å². The van der Waals surface area contributed by atoms with Crippen LogP contribution in [0.3, 0.4) is 0 Å². The summed E-state index contributed by atoms with van der Waals surface area (Å²) in [5.74, 6) is 1.81. The van der Waals surface area contributed by atoms with Gasteiger partial charge in [0.05, 0.1) is 19.3 Å². The van der Waals surface area contributed by atoms with Crippen LogP contribution in [-0.2, 0) is 9.59 Å². The van der Waals surface area contributed by atoms with Gasteiger partial charge in [0.2, 0.25) is 11.8 Å². The Bertz CT molecular complexity index is 816. The molecule has 2 unspecified atom stereocenters. The number of anilines is 1. The maximum atomic E-state index is 13.0. The molecule has 4 saturated carbocycles. The van der Waals surface area contributed by atoms with E-state index < -0.39 is 0 Å². The van der Waals surface area contributed by atoms with Gasteiger partial charge in [0, 0.05) is 22.8 Å². The monoisotopic (exact) mass is 482 g/mol. The number of rotatable bonds is 6. The molecule has 0 radical (unpaired) electrons. The highest BCUT2D eigenvalue weighted by atomic mass is 79.9. The molecule has 1 N–H and O–H groups in total. The fourth-order valence-electron chi connectivity index (χ4n) is 6.27. The maximum Gasteiger partial charge on any atom is 0.244 e. The molecule has 4 fully saturated rings. The van der Waals surface area contributed by atoms with E-state index in [0.29, 0.717) is 22.9 Å². The van der Waals surface area contributed by atoms with Crippen molar-refractivity contribution in [3.05, 3.63) is 23.2 Å². The second-order valence-corrected chi connectivity index (χ2v) is 11.5. The van der Waals surface area contributed by atoms with Crippen molar-refractivity contribution in [1.82, 2.24) is 4.90 Å². The molecule has 4 bridgehead atoms. The molecular weight excluding hydrogens is 456 g/mol. The molecule has 0 saturated heterocycles. The molecule has 5 nitrogen and oxygen atoms in total. The second kappa shape index (κ2) is 7.77. The van der Waals surface area contributed by atoms with Crippen LogP contribution in [0.2, 0.25) is 5.02 Å². The topological polar surface area (TPSA) is 58.6 Å². The zero-order valence-corrected chi connectivity index (χ0v) is 19.3. The normalized spacial score (nSPS) is 32.1. The maximum absolute atomic E-state index is 13.0. The number of halogens is 2. The number of ether oxygens (including phenoxy) is 1. The van der Waals surface area contributed by atoms with Crippen molar-refractivity contribution in [2.75, 3.05) is 26.0 Å². The molecule has 29 heavy (non-hydrogen) atoms. The summed E-state index contributed by atoms with van der Waals surface area (Å²) in [5.41, 5.74) is 0.610. The number of amides is 2. The Kier molecular flexibility index (Phi) is 5.62. The Labute approximate surface area is 185 Å². The average Bonchev–Trinajstić information content (AvgIpc) is 2.59. The molecule has 0 heterocycles. The zero-order chi connectivity index (χ0) is 20.8. The third-order valence-electron chi connectivity index (χ3n) is 6.88. The van der Waals surface area contributed by atoms with Gasteiger partial charge in [-0.05, 0) is 74.0 Å². The number of hydrogen-bond acceptors (Lipinski definition) is 3. The number of nitrogens with one attached hydrogen (secondary N) is 1. The van der Waals surface area contributed by atoms with Crippen molar-refractivity contribution < 1.29 is 14.3 Å². The third-order valence-corrected chi connectivity index (χ3v) is 8.04. The largest absolute Gasteiger partial charge is 0.495 e. The van der Waals surface area contributed by atoms with Crippen molar-refractivity contribution in [2.24, 2.45) is 17.3 Å². The Morgan fingerprint density at radius 1 is 1.28 bits per heavy atom. The lowest BCUT2D eigenvalue weighted by Crippen LogP contribution is -2.54. The van der Waals surface area contributed by atoms with Crippen LogP contribution in [0.1, 0.15) is 44.9 Å². The highest BCUT2D eigenvalue weighted by molar-refractivity contribution is 9.10. The number of carbonyl (C=O) groups is 2.